The normalized spacial score (nSPS) is 14.6. The first kappa shape index (κ1) is 27.0. The van der Waals surface area contributed by atoms with E-state index in [1.165, 1.54) is 17.7 Å². The molecule has 1 aliphatic rings. The van der Waals surface area contributed by atoms with Crippen LogP contribution in [0.1, 0.15) is 43.6 Å². The van der Waals surface area contributed by atoms with Gasteiger partial charge in [0, 0.05) is 51.0 Å². The van der Waals surface area contributed by atoms with Crippen molar-refractivity contribution in [3.63, 3.8) is 0 Å². The van der Waals surface area contributed by atoms with Gasteiger partial charge in [0.1, 0.15) is 11.6 Å². The van der Waals surface area contributed by atoms with Crippen LogP contribution in [-0.2, 0) is 17.7 Å². The second-order valence-electron chi connectivity index (χ2n) is 10.1. The zero-order chi connectivity index (χ0) is 27.0. The Balaban J connectivity index is 1.51. The quantitative estimate of drug-likeness (QED) is 0.215. The minimum absolute atomic E-state index is 0.260. The summed E-state index contributed by atoms with van der Waals surface area (Å²) in [6.45, 7) is 6.32. The highest BCUT2D eigenvalue weighted by Crippen LogP contribution is 2.39. The molecule has 8 heteroatoms. The van der Waals surface area contributed by atoms with Crippen molar-refractivity contribution >= 4 is 5.95 Å². The number of rotatable bonds is 13. The van der Waals surface area contributed by atoms with Gasteiger partial charge in [-0.15, -0.1) is 0 Å². The summed E-state index contributed by atoms with van der Waals surface area (Å²) in [7, 11) is 1.67. The van der Waals surface area contributed by atoms with E-state index in [0.717, 1.165) is 73.8 Å². The van der Waals surface area contributed by atoms with Gasteiger partial charge < -0.3 is 14.6 Å². The molecule has 0 saturated heterocycles. The smallest absolute Gasteiger partial charge is 0.223 e. The first-order valence-corrected chi connectivity index (χ1v) is 13.9. The maximum absolute atomic E-state index is 13.8. The molecule has 204 valence electrons. The Kier molecular flexibility index (Phi) is 8.96. The second-order valence-corrected chi connectivity index (χ2v) is 10.1. The van der Waals surface area contributed by atoms with Gasteiger partial charge in [0.05, 0.1) is 23.7 Å². The van der Waals surface area contributed by atoms with Crippen molar-refractivity contribution in [3.8, 4) is 22.6 Å². The number of halogens is 1. The number of hydrogen-bond donors (Lipinski definition) is 1. The third-order valence-electron chi connectivity index (χ3n) is 7.20. The van der Waals surface area contributed by atoms with Crippen LogP contribution in [0.3, 0.4) is 0 Å². The largest absolute Gasteiger partial charge is 0.383 e. The molecule has 1 atom stereocenters. The zero-order valence-corrected chi connectivity index (χ0v) is 22.8. The number of ether oxygens (including phenoxy) is 1. The van der Waals surface area contributed by atoms with Crippen LogP contribution in [0.5, 0.6) is 0 Å². The third kappa shape index (κ3) is 6.52. The fraction of sp³-hybridized carbons (Fsp3) is 0.387. The monoisotopic (exact) mass is 528 g/mol. The van der Waals surface area contributed by atoms with Crippen LogP contribution in [0.25, 0.3) is 22.6 Å². The molecular weight excluding hydrogens is 491 g/mol. The lowest BCUT2D eigenvalue weighted by molar-refractivity contribution is 0.210. The maximum Gasteiger partial charge on any atom is 0.223 e. The fourth-order valence-corrected chi connectivity index (χ4v) is 5.30. The Labute approximate surface area is 230 Å². The molecule has 3 heterocycles. The Hall–Kier alpha value is -3.62. The molecule has 2 aromatic heterocycles. The molecule has 1 unspecified atom stereocenters. The Morgan fingerprint density at radius 3 is 2.67 bits per heavy atom. The van der Waals surface area contributed by atoms with E-state index in [-0.39, 0.29) is 11.9 Å². The molecule has 2 aromatic carbocycles. The van der Waals surface area contributed by atoms with Crippen molar-refractivity contribution in [2.24, 2.45) is 0 Å². The first-order chi connectivity index (χ1) is 19.2. The van der Waals surface area contributed by atoms with Crippen molar-refractivity contribution in [3.05, 3.63) is 84.1 Å². The lowest BCUT2D eigenvalue weighted by Gasteiger charge is -2.27. The number of imidazole rings is 1. The van der Waals surface area contributed by atoms with Gasteiger partial charge in [0.2, 0.25) is 5.95 Å². The molecule has 1 aliphatic heterocycles. The summed E-state index contributed by atoms with van der Waals surface area (Å²) in [5.74, 6) is 1.34. The van der Waals surface area contributed by atoms with Crippen LogP contribution < -0.4 is 5.32 Å². The summed E-state index contributed by atoms with van der Waals surface area (Å²) in [5.41, 5.74) is 4.81. The van der Waals surface area contributed by atoms with Gasteiger partial charge in [-0.3, -0.25) is 4.90 Å². The van der Waals surface area contributed by atoms with E-state index in [1.807, 2.05) is 6.07 Å². The molecular formula is C31H37FN6O. The third-order valence-corrected chi connectivity index (χ3v) is 7.20. The molecule has 0 spiro atoms. The summed E-state index contributed by atoms with van der Waals surface area (Å²) < 4.78 is 21.4. The van der Waals surface area contributed by atoms with E-state index in [4.69, 9.17) is 14.7 Å². The molecule has 39 heavy (non-hydrogen) atoms. The van der Waals surface area contributed by atoms with Crippen LogP contribution in [0.15, 0.2) is 66.9 Å². The molecule has 0 fully saturated rings. The maximum atomic E-state index is 13.8. The summed E-state index contributed by atoms with van der Waals surface area (Å²) >= 11 is 0. The van der Waals surface area contributed by atoms with E-state index in [9.17, 15) is 4.39 Å². The van der Waals surface area contributed by atoms with Crippen molar-refractivity contribution in [2.75, 3.05) is 38.7 Å². The highest BCUT2D eigenvalue weighted by Gasteiger charge is 2.32. The molecule has 0 saturated carbocycles. The minimum Gasteiger partial charge on any atom is -0.383 e. The first-order valence-electron chi connectivity index (χ1n) is 13.9. The zero-order valence-electron chi connectivity index (χ0n) is 22.8. The van der Waals surface area contributed by atoms with Gasteiger partial charge in [-0.1, -0.05) is 43.7 Å². The van der Waals surface area contributed by atoms with E-state index in [2.05, 4.69) is 57.0 Å². The number of unbranched alkanes of at least 4 members (excludes halogenated alkanes) is 1. The van der Waals surface area contributed by atoms with Crippen LogP contribution in [0.4, 0.5) is 10.3 Å². The molecule has 0 bridgehead atoms. The van der Waals surface area contributed by atoms with Crippen LogP contribution >= 0.6 is 0 Å². The molecule has 1 N–H and O–H groups in total. The second kappa shape index (κ2) is 13.0. The van der Waals surface area contributed by atoms with Gasteiger partial charge in [0.25, 0.3) is 0 Å². The molecule has 4 aromatic rings. The molecule has 7 nitrogen and oxygen atoms in total. The summed E-state index contributed by atoms with van der Waals surface area (Å²) in [6.07, 6.45) is 6.02. The number of nitrogens with one attached hydrogen (secondary N) is 1. The average molecular weight is 529 g/mol. The number of aromatic nitrogens is 4. The molecule has 0 radical (unpaired) electrons. The van der Waals surface area contributed by atoms with Crippen LogP contribution in [0.2, 0.25) is 0 Å². The lowest BCUT2D eigenvalue weighted by Crippen LogP contribution is -2.30. The van der Waals surface area contributed by atoms with Crippen molar-refractivity contribution in [1.82, 2.24) is 24.4 Å². The number of fused-ring (bicyclic) bond motifs is 1. The van der Waals surface area contributed by atoms with E-state index in [0.29, 0.717) is 19.1 Å². The number of nitrogens with zero attached hydrogens (tertiary/aromatic N) is 5. The number of hydrogen-bond acceptors (Lipinski definition) is 6. The van der Waals surface area contributed by atoms with Crippen molar-refractivity contribution in [2.45, 2.75) is 45.2 Å². The number of aryl methyl sites for hydroxylation is 1. The summed E-state index contributed by atoms with van der Waals surface area (Å²) in [5, 5.41) is 3.24. The number of anilines is 1. The number of methoxy groups -OCH3 is 1. The summed E-state index contributed by atoms with van der Waals surface area (Å²) in [4.78, 5) is 16.9. The van der Waals surface area contributed by atoms with E-state index >= 15 is 0 Å². The average Bonchev–Trinajstić information content (AvgIpc) is 3.53. The highest BCUT2D eigenvalue weighted by atomic mass is 19.1. The predicted octanol–water partition coefficient (Wildman–Crippen LogP) is 5.99. The van der Waals surface area contributed by atoms with Crippen molar-refractivity contribution in [1.29, 1.82) is 0 Å². The minimum atomic E-state index is -0.260. The van der Waals surface area contributed by atoms with Gasteiger partial charge in [0.15, 0.2) is 0 Å². The SMILES string of the molecule is CCCCN(Cc1ccccc1)CC1CCc2nc(-c3ccc(F)cc3)c(-c3ccnc(NCCOC)n3)n21. The Morgan fingerprint density at radius 1 is 1.08 bits per heavy atom. The standard InChI is InChI=1S/C31H37FN6O/c1-3-4-19-37(21-23-8-6-5-7-9-23)22-26-14-15-28-36-29(24-10-12-25(32)13-11-24)30(38(26)28)27-16-17-33-31(35-27)34-18-20-39-2/h5-13,16-17,26H,3-4,14-15,18-22H2,1-2H3,(H,33,34,35). The molecule has 5 rings (SSSR count). The molecule has 0 aliphatic carbocycles. The van der Waals surface area contributed by atoms with E-state index in [1.54, 1.807) is 25.4 Å². The lowest BCUT2D eigenvalue weighted by atomic mass is 10.1. The Morgan fingerprint density at radius 2 is 1.90 bits per heavy atom. The predicted molar refractivity (Wildman–Crippen MR) is 153 cm³/mol. The van der Waals surface area contributed by atoms with Gasteiger partial charge in [-0.2, -0.15) is 0 Å². The number of benzene rings is 2. The van der Waals surface area contributed by atoms with Gasteiger partial charge in [-0.05, 0) is 55.3 Å². The van der Waals surface area contributed by atoms with Crippen LogP contribution in [0, 0.1) is 5.82 Å². The topological polar surface area (TPSA) is 68.1 Å². The van der Waals surface area contributed by atoms with Crippen molar-refractivity contribution < 1.29 is 9.13 Å². The summed E-state index contributed by atoms with van der Waals surface area (Å²) in [6, 6.07) is 19.5. The van der Waals surface area contributed by atoms with E-state index < -0.39 is 0 Å². The Bertz CT molecular complexity index is 1340. The molecule has 0 amide bonds. The van der Waals surface area contributed by atoms with Gasteiger partial charge in [-0.25, -0.2) is 19.3 Å². The fourth-order valence-electron chi connectivity index (χ4n) is 5.30. The van der Waals surface area contributed by atoms with Gasteiger partial charge >= 0.3 is 0 Å². The van der Waals surface area contributed by atoms with Crippen LogP contribution in [-0.4, -0.2) is 57.8 Å². The highest BCUT2D eigenvalue weighted by molar-refractivity contribution is 5.78.